The molecule has 0 spiro atoms. The summed E-state index contributed by atoms with van der Waals surface area (Å²) in [5.74, 6) is 0. The van der Waals surface area contributed by atoms with Crippen molar-refractivity contribution in [1.82, 2.24) is 9.03 Å². The Hall–Kier alpha value is -2.34. The van der Waals surface area contributed by atoms with Crippen LogP contribution >= 0.6 is 0 Å². The van der Waals surface area contributed by atoms with E-state index in [9.17, 15) is 26.9 Å². The van der Waals surface area contributed by atoms with Gasteiger partial charge in [-0.25, -0.2) is 25.9 Å². The van der Waals surface area contributed by atoms with Crippen molar-refractivity contribution >= 4 is 25.7 Å². The minimum Gasteiger partial charge on any atom is -0.258 e. The van der Waals surface area contributed by atoms with Crippen molar-refractivity contribution in [3.63, 3.8) is 0 Å². The average Bonchev–Trinajstić information content (AvgIpc) is 2.65. The molecule has 2 aromatic carbocycles. The van der Waals surface area contributed by atoms with Crippen molar-refractivity contribution in [2.45, 2.75) is 36.5 Å². The van der Waals surface area contributed by atoms with E-state index >= 15 is 0 Å². The second kappa shape index (κ2) is 9.21. The number of aryl methyl sites for hydroxylation is 3. The van der Waals surface area contributed by atoms with Gasteiger partial charge in [0.05, 0.1) is 9.82 Å². The van der Waals surface area contributed by atoms with Gasteiger partial charge in [-0.3, -0.25) is 10.1 Å². The third-order valence-electron chi connectivity index (χ3n) is 4.61. The highest BCUT2D eigenvalue weighted by atomic mass is 32.2. The Morgan fingerprint density at radius 2 is 1.70 bits per heavy atom. The number of nitrogens with zero attached hydrogens (tertiary/aromatic N) is 2. The molecule has 0 amide bonds. The van der Waals surface area contributed by atoms with Crippen LogP contribution in [0.15, 0.2) is 46.2 Å². The molecule has 30 heavy (non-hydrogen) atoms. The molecule has 0 saturated carbocycles. The fourth-order valence-electron chi connectivity index (χ4n) is 2.93. The fourth-order valence-corrected chi connectivity index (χ4v) is 5.07. The third-order valence-corrected chi connectivity index (χ3v) is 7.93. The van der Waals surface area contributed by atoms with Crippen LogP contribution in [-0.4, -0.2) is 46.7 Å². The first-order chi connectivity index (χ1) is 13.9. The van der Waals surface area contributed by atoms with Crippen LogP contribution in [0.5, 0.6) is 0 Å². The highest BCUT2D eigenvalue weighted by molar-refractivity contribution is 7.90. The van der Waals surface area contributed by atoms with Crippen LogP contribution in [0.1, 0.15) is 23.1 Å². The van der Waals surface area contributed by atoms with E-state index < -0.39 is 35.6 Å². The van der Waals surface area contributed by atoms with Crippen LogP contribution in [0.4, 0.5) is 5.69 Å². The molecule has 164 valence electrons. The van der Waals surface area contributed by atoms with Gasteiger partial charge in [-0.05, 0) is 49.9 Å². The fraction of sp³-hybridized carbons (Fsp3) is 0.368. The van der Waals surface area contributed by atoms with Gasteiger partial charge in [0.15, 0.2) is 4.90 Å². The van der Waals surface area contributed by atoms with Gasteiger partial charge in [0.1, 0.15) is 0 Å². The van der Waals surface area contributed by atoms with E-state index in [0.717, 1.165) is 39.2 Å². The predicted molar refractivity (Wildman–Crippen MR) is 113 cm³/mol. The Labute approximate surface area is 177 Å². The number of rotatable bonds is 9. The Morgan fingerprint density at radius 1 is 1.03 bits per heavy atom. The van der Waals surface area contributed by atoms with Crippen molar-refractivity contribution in [3.05, 3.63) is 63.2 Å². The van der Waals surface area contributed by atoms with Gasteiger partial charge < -0.3 is 0 Å². The molecule has 0 bridgehead atoms. The molecule has 0 atom stereocenters. The molecule has 0 aromatic heterocycles. The first-order valence-electron chi connectivity index (χ1n) is 9.13. The normalized spacial score (nSPS) is 12.3. The largest absolute Gasteiger partial charge is 0.290 e. The second-order valence-corrected chi connectivity index (χ2v) is 11.0. The van der Waals surface area contributed by atoms with E-state index in [2.05, 4.69) is 4.72 Å². The summed E-state index contributed by atoms with van der Waals surface area (Å²) in [6.07, 6.45) is 1.15. The van der Waals surface area contributed by atoms with E-state index in [4.69, 9.17) is 0 Å². The van der Waals surface area contributed by atoms with Gasteiger partial charge in [-0.15, -0.1) is 0 Å². The number of sulfonamides is 2. The SMILES string of the molecule is Cc1ccc(CCCNS(=O)(=O)c2ccc(S(=O)(=O)N(C)C)cc2[N+](=O)[O-])c(C)c1. The maximum Gasteiger partial charge on any atom is 0.290 e. The molecule has 2 rings (SSSR count). The monoisotopic (exact) mass is 455 g/mol. The van der Waals surface area contributed by atoms with Gasteiger partial charge in [-0.2, -0.15) is 0 Å². The molecule has 0 unspecified atom stereocenters. The van der Waals surface area contributed by atoms with Crippen molar-refractivity contribution in [1.29, 1.82) is 0 Å². The maximum absolute atomic E-state index is 12.6. The van der Waals surface area contributed by atoms with Crippen LogP contribution in [0.25, 0.3) is 0 Å². The van der Waals surface area contributed by atoms with Gasteiger partial charge in [0.25, 0.3) is 5.69 Å². The first kappa shape index (κ1) is 23.9. The summed E-state index contributed by atoms with van der Waals surface area (Å²) in [6.45, 7) is 4.07. The van der Waals surface area contributed by atoms with E-state index in [-0.39, 0.29) is 11.4 Å². The van der Waals surface area contributed by atoms with Crippen molar-refractivity contribution in [2.75, 3.05) is 20.6 Å². The Balaban J connectivity index is 2.19. The minimum atomic E-state index is -4.19. The molecule has 0 heterocycles. The lowest BCUT2D eigenvalue weighted by Crippen LogP contribution is -2.26. The number of hydrogen-bond donors (Lipinski definition) is 1. The lowest BCUT2D eigenvalue weighted by molar-refractivity contribution is -0.388. The molecule has 0 radical (unpaired) electrons. The molecule has 11 heteroatoms. The third kappa shape index (κ3) is 5.42. The van der Waals surface area contributed by atoms with Gasteiger partial charge in [0.2, 0.25) is 20.0 Å². The molecule has 0 aliphatic rings. The van der Waals surface area contributed by atoms with E-state index in [1.807, 2.05) is 32.0 Å². The number of benzene rings is 2. The van der Waals surface area contributed by atoms with Crippen molar-refractivity contribution in [3.8, 4) is 0 Å². The van der Waals surface area contributed by atoms with Gasteiger partial charge >= 0.3 is 0 Å². The van der Waals surface area contributed by atoms with Gasteiger partial charge in [0, 0.05) is 26.7 Å². The molecule has 0 fully saturated rings. The topological polar surface area (TPSA) is 127 Å². The van der Waals surface area contributed by atoms with Crippen LogP contribution in [-0.2, 0) is 26.5 Å². The van der Waals surface area contributed by atoms with Gasteiger partial charge in [-0.1, -0.05) is 23.8 Å². The van der Waals surface area contributed by atoms with E-state index in [0.29, 0.717) is 12.8 Å². The Bertz CT molecular complexity index is 1160. The summed E-state index contributed by atoms with van der Waals surface area (Å²) in [4.78, 5) is 9.57. The second-order valence-electron chi connectivity index (χ2n) is 7.11. The van der Waals surface area contributed by atoms with Crippen molar-refractivity contribution < 1.29 is 21.8 Å². The van der Waals surface area contributed by atoms with E-state index in [1.165, 1.54) is 14.1 Å². The zero-order chi connectivity index (χ0) is 22.7. The maximum atomic E-state index is 12.6. The average molecular weight is 456 g/mol. The summed E-state index contributed by atoms with van der Waals surface area (Å²) in [5.41, 5.74) is 2.57. The van der Waals surface area contributed by atoms with Crippen LogP contribution in [0.2, 0.25) is 0 Å². The molecule has 0 saturated heterocycles. The zero-order valence-electron chi connectivity index (χ0n) is 17.2. The quantitative estimate of drug-likeness (QED) is 0.351. The molecule has 0 aliphatic heterocycles. The highest BCUT2D eigenvalue weighted by Crippen LogP contribution is 2.28. The number of hydrogen-bond acceptors (Lipinski definition) is 6. The number of nitro benzene ring substituents is 1. The summed E-state index contributed by atoms with van der Waals surface area (Å²) < 4.78 is 52.9. The lowest BCUT2D eigenvalue weighted by Gasteiger charge is -2.13. The molecular formula is C19H25N3O6S2. The Morgan fingerprint density at radius 3 is 2.27 bits per heavy atom. The minimum absolute atomic E-state index is 0.0878. The number of nitro groups is 1. The zero-order valence-corrected chi connectivity index (χ0v) is 18.9. The highest BCUT2D eigenvalue weighted by Gasteiger charge is 2.29. The summed E-state index contributed by atoms with van der Waals surface area (Å²) in [5, 5.41) is 11.4. The summed E-state index contributed by atoms with van der Waals surface area (Å²) in [6, 6.07) is 8.78. The first-order valence-corrected chi connectivity index (χ1v) is 12.1. The molecule has 1 N–H and O–H groups in total. The summed E-state index contributed by atoms with van der Waals surface area (Å²) >= 11 is 0. The van der Waals surface area contributed by atoms with Crippen LogP contribution in [0.3, 0.4) is 0 Å². The summed E-state index contributed by atoms with van der Waals surface area (Å²) in [7, 11) is -5.57. The Kier molecular flexibility index (Phi) is 7.35. The lowest BCUT2D eigenvalue weighted by atomic mass is 10.0. The van der Waals surface area contributed by atoms with Crippen LogP contribution in [0, 0.1) is 24.0 Å². The molecule has 2 aromatic rings. The van der Waals surface area contributed by atoms with E-state index in [1.54, 1.807) is 0 Å². The molecule has 0 aliphatic carbocycles. The molecule has 9 nitrogen and oxygen atoms in total. The smallest absolute Gasteiger partial charge is 0.258 e. The van der Waals surface area contributed by atoms with Crippen molar-refractivity contribution in [2.24, 2.45) is 0 Å². The van der Waals surface area contributed by atoms with Crippen LogP contribution < -0.4 is 4.72 Å². The standard InChI is InChI=1S/C19H25N3O6S2/c1-14-7-8-16(15(2)12-14)6-5-11-20-29(25,26)19-10-9-17(13-18(19)22(23)24)30(27,28)21(3)4/h7-10,12-13,20H,5-6,11H2,1-4H3. The predicted octanol–water partition coefficient (Wildman–Crippen LogP) is 2.37. The number of nitrogens with one attached hydrogen (secondary N) is 1. The molecular weight excluding hydrogens is 430 g/mol.